The van der Waals surface area contributed by atoms with Crippen LogP contribution in [0.15, 0.2) is 36.5 Å². The Morgan fingerprint density at radius 1 is 1.09 bits per heavy atom. The first-order valence-electron chi connectivity index (χ1n) is 15.2. The molecule has 3 fully saturated rings. The molecule has 43 heavy (non-hydrogen) atoms. The Bertz CT molecular complexity index is 1300. The van der Waals surface area contributed by atoms with Crippen LogP contribution in [0.5, 0.6) is 5.88 Å². The van der Waals surface area contributed by atoms with Crippen LogP contribution in [0, 0.1) is 11.8 Å². The number of amides is 1. The number of alkyl halides is 3. The van der Waals surface area contributed by atoms with Crippen LogP contribution >= 0.6 is 0 Å². The fourth-order valence-electron chi connectivity index (χ4n) is 6.84. The van der Waals surface area contributed by atoms with Crippen LogP contribution in [-0.2, 0) is 21.2 Å². The number of anilines is 1. The number of likely N-dealkylation sites (tertiary alicyclic amines) is 1. The highest BCUT2D eigenvalue weighted by Crippen LogP contribution is 2.56. The minimum atomic E-state index is -4.47. The number of carboxylic acid groups (broad SMARTS) is 1. The predicted molar refractivity (Wildman–Crippen MR) is 156 cm³/mol. The van der Waals surface area contributed by atoms with Crippen molar-refractivity contribution in [1.82, 2.24) is 15.2 Å². The first kappa shape index (κ1) is 31.1. The smallest absolute Gasteiger partial charge is 0.416 e. The summed E-state index contributed by atoms with van der Waals surface area (Å²) >= 11 is 0. The van der Waals surface area contributed by atoms with Gasteiger partial charge in [0, 0.05) is 50.2 Å². The number of nitrogens with zero attached hydrogens (tertiary/aromatic N) is 3. The third-order valence-electron chi connectivity index (χ3n) is 9.48. The van der Waals surface area contributed by atoms with Gasteiger partial charge in [-0.05, 0) is 73.7 Å². The molecule has 234 valence electrons. The minimum Gasteiger partial charge on any atom is -0.481 e. The number of nitrogens with one attached hydrogen (secondary N) is 1. The number of benzene rings is 1. The fourth-order valence-corrected chi connectivity index (χ4v) is 6.84. The van der Waals surface area contributed by atoms with Gasteiger partial charge in [-0.25, -0.2) is 4.98 Å². The summed E-state index contributed by atoms with van der Waals surface area (Å²) in [5.41, 5.74) is 0.900. The Labute approximate surface area is 250 Å². The Morgan fingerprint density at radius 3 is 2.35 bits per heavy atom. The van der Waals surface area contributed by atoms with Crippen molar-refractivity contribution in [2.24, 2.45) is 11.8 Å². The number of hydrogen-bond acceptors (Lipinski definition) is 6. The quantitative estimate of drug-likeness (QED) is 0.414. The largest absolute Gasteiger partial charge is 0.481 e. The van der Waals surface area contributed by atoms with Gasteiger partial charge < -0.3 is 25.0 Å². The number of piperidine rings is 2. The van der Waals surface area contributed by atoms with Gasteiger partial charge in [-0.15, -0.1) is 0 Å². The molecule has 1 aliphatic carbocycles. The molecule has 2 unspecified atom stereocenters. The van der Waals surface area contributed by atoms with Crippen molar-refractivity contribution in [1.29, 1.82) is 0 Å². The Balaban J connectivity index is 1.33. The summed E-state index contributed by atoms with van der Waals surface area (Å²) in [4.78, 5) is 33.8. The summed E-state index contributed by atoms with van der Waals surface area (Å²) in [6, 6.07) is 7.95. The molecule has 2 saturated heterocycles. The lowest BCUT2D eigenvalue weighted by Gasteiger charge is -2.38. The lowest BCUT2D eigenvalue weighted by molar-refractivity contribution is -0.142. The average molecular weight is 603 g/mol. The zero-order valence-electron chi connectivity index (χ0n) is 25.0. The lowest BCUT2D eigenvalue weighted by atomic mass is 9.85. The lowest BCUT2D eigenvalue weighted by Crippen LogP contribution is -2.45. The van der Waals surface area contributed by atoms with Crippen molar-refractivity contribution < 1.29 is 32.6 Å². The maximum Gasteiger partial charge on any atom is 0.416 e. The van der Waals surface area contributed by atoms with Crippen molar-refractivity contribution in [3.63, 3.8) is 0 Å². The van der Waals surface area contributed by atoms with E-state index >= 15 is 0 Å². The standard InChI is InChI=1S/C32H41F3N4O4/c1-20(2)36-19-25-17-31(25,24-5-7-28(43-3)37-18-24)30(42)39-14-8-21(9-15-39)26-6-4-23(32(33,34)35)16-27(26)38-12-10-22(11-13-38)29(40)41/h4-7,16,18,20-22,25,36H,8-15,17,19H2,1-3H3,(H,40,41). The van der Waals surface area contributed by atoms with Gasteiger partial charge in [-0.3, -0.25) is 9.59 Å². The van der Waals surface area contributed by atoms with Gasteiger partial charge in [-0.2, -0.15) is 13.2 Å². The molecule has 2 N–H and O–H groups in total. The van der Waals surface area contributed by atoms with Gasteiger partial charge in [0.05, 0.1) is 24.0 Å². The molecular weight excluding hydrogens is 561 g/mol. The molecular formula is C32H41F3N4O4. The van der Waals surface area contributed by atoms with Crippen molar-refractivity contribution in [2.45, 2.75) is 69.5 Å². The molecule has 2 atom stereocenters. The molecule has 0 radical (unpaired) electrons. The number of aromatic nitrogens is 1. The highest BCUT2D eigenvalue weighted by molar-refractivity contribution is 5.92. The van der Waals surface area contributed by atoms with Crippen LogP contribution in [0.1, 0.15) is 68.6 Å². The number of pyridine rings is 1. The van der Waals surface area contributed by atoms with Crippen LogP contribution in [-0.4, -0.2) is 72.7 Å². The fraction of sp³-hybridized carbons (Fsp3) is 0.594. The highest BCUT2D eigenvalue weighted by Gasteiger charge is 2.62. The number of carbonyl (C=O) groups is 2. The topological polar surface area (TPSA) is 95.0 Å². The van der Waals surface area contributed by atoms with Gasteiger partial charge in [0.25, 0.3) is 0 Å². The second-order valence-electron chi connectivity index (χ2n) is 12.5. The van der Waals surface area contributed by atoms with Crippen molar-refractivity contribution in [3.05, 3.63) is 53.2 Å². The van der Waals surface area contributed by atoms with E-state index in [2.05, 4.69) is 24.1 Å². The van der Waals surface area contributed by atoms with E-state index in [-0.39, 0.29) is 17.7 Å². The number of rotatable bonds is 9. The second kappa shape index (κ2) is 12.3. The van der Waals surface area contributed by atoms with E-state index in [1.54, 1.807) is 25.4 Å². The minimum absolute atomic E-state index is 0.00487. The van der Waals surface area contributed by atoms with E-state index in [1.807, 2.05) is 15.9 Å². The van der Waals surface area contributed by atoms with Crippen molar-refractivity contribution in [3.8, 4) is 5.88 Å². The SMILES string of the molecule is COc1ccc(C2(C(=O)N3CCC(c4ccc(C(F)(F)F)cc4N4CCC(C(=O)O)CC4)CC3)CC2CNC(C)C)cn1. The predicted octanol–water partition coefficient (Wildman–Crippen LogP) is 5.07. The van der Waals surface area contributed by atoms with E-state index in [0.717, 1.165) is 30.2 Å². The van der Waals surface area contributed by atoms with E-state index in [4.69, 9.17) is 4.74 Å². The molecule has 1 amide bonds. The normalized spacial score (nSPS) is 23.5. The third kappa shape index (κ3) is 6.46. The summed E-state index contributed by atoms with van der Waals surface area (Å²) in [6.07, 6.45) is 0.0668. The zero-order chi connectivity index (χ0) is 30.9. The number of carbonyl (C=O) groups excluding carboxylic acids is 1. The van der Waals surface area contributed by atoms with Crippen molar-refractivity contribution in [2.75, 3.05) is 44.7 Å². The number of halogens is 3. The van der Waals surface area contributed by atoms with E-state index < -0.39 is 29.0 Å². The van der Waals surface area contributed by atoms with Gasteiger partial charge in [0.15, 0.2) is 0 Å². The van der Waals surface area contributed by atoms with E-state index in [1.165, 1.54) is 6.07 Å². The molecule has 3 aliphatic rings. The third-order valence-corrected chi connectivity index (χ3v) is 9.48. The average Bonchev–Trinajstić information content (AvgIpc) is 3.74. The monoisotopic (exact) mass is 602 g/mol. The van der Waals surface area contributed by atoms with Gasteiger partial charge >= 0.3 is 12.1 Å². The van der Waals surface area contributed by atoms with Gasteiger partial charge in [-0.1, -0.05) is 26.0 Å². The first-order chi connectivity index (χ1) is 20.4. The highest BCUT2D eigenvalue weighted by atomic mass is 19.4. The Morgan fingerprint density at radius 2 is 1.79 bits per heavy atom. The van der Waals surface area contributed by atoms with Crippen LogP contribution in [0.25, 0.3) is 0 Å². The van der Waals surface area contributed by atoms with E-state index in [0.29, 0.717) is 69.5 Å². The summed E-state index contributed by atoms with van der Waals surface area (Å²) in [6.45, 7) is 6.70. The van der Waals surface area contributed by atoms with E-state index in [9.17, 15) is 27.9 Å². The number of aliphatic carboxylic acids is 1. The molecule has 1 aromatic carbocycles. The molecule has 0 bridgehead atoms. The molecule has 11 heteroatoms. The number of hydrogen-bond donors (Lipinski definition) is 2. The maximum absolute atomic E-state index is 14.1. The maximum atomic E-state index is 14.1. The summed E-state index contributed by atoms with van der Waals surface area (Å²) in [7, 11) is 1.56. The molecule has 5 rings (SSSR count). The van der Waals surface area contributed by atoms with Crippen LogP contribution in [0.4, 0.5) is 18.9 Å². The molecule has 1 saturated carbocycles. The summed E-state index contributed by atoms with van der Waals surface area (Å²) < 4.78 is 46.3. The molecule has 1 aromatic heterocycles. The molecule has 2 aliphatic heterocycles. The first-order valence-corrected chi connectivity index (χ1v) is 15.2. The number of ether oxygens (including phenoxy) is 1. The van der Waals surface area contributed by atoms with Gasteiger partial charge in [0.1, 0.15) is 0 Å². The number of carboxylic acids is 1. The van der Waals surface area contributed by atoms with Crippen LogP contribution < -0.4 is 15.0 Å². The molecule has 8 nitrogen and oxygen atoms in total. The Kier molecular flexibility index (Phi) is 8.92. The van der Waals surface area contributed by atoms with Crippen LogP contribution in [0.3, 0.4) is 0 Å². The summed E-state index contributed by atoms with van der Waals surface area (Å²) in [5, 5.41) is 12.9. The summed E-state index contributed by atoms with van der Waals surface area (Å²) in [5.74, 6) is -0.627. The second-order valence-corrected chi connectivity index (χ2v) is 12.5. The van der Waals surface area contributed by atoms with Crippen LogP contribution in [0.2, 0.25) is 0 Å². The molecule has 2 aromatic rings. The number of methoxy groups -OCH3 is 1. The van der Waals surface area contributed by atoms with Crippen molar-refractivity contribution >= 4 is 17.6 Å². The molecule has 3 heterocycles. The molecule has 0 spiro atoms. The Hall–Kier alpha value is -3.34. The van der Waals surface area contributed by atoms with Gasteiger partial charge in [0.2, 0.25) is 11.8 Å². The zero-order valence-corrected chi connectivity index (χ0v) is 25.0.